The second-order valence-electron chi connectivity index (χ2n) is 8.13. The lowest BCUT2D eigenvalue weighted by Crippen LogP contribution is -2.22. The average molecular weight is 562 g/mol. The van der Waals surface area contributed by atoms with Gasteiger partial charge in [-0.25, -0.2) is 18.0 Å². The Bertz CT molecular complexity index is 1540. The van der Waals surface area contributed by atoms with E-state index >= 15 is 0 Å². The van der Waals surface area contributed by atoms with E-state index in [1.807, 2.05) is 13.0 Å². The Kier molecular flexibility index (Phi) is 7.99. The number of carbonyl (C=O) groups is 1. The van der Waals surface area contributed by atoms with Gasteiger partial charge in [0.15, 0.2) is 23.9 Å². The summed E-state index contributed by atoms with van der Waals surface area (Å²) >= 11 is 0. The van der Waals surface area contributed by atoms with Gasteiger partial charge in [0.05, 0.1) is 19.6 Å². The van der Waals surface area contributed by atoms with Gasteiger partial charge in [0, 0.05) is 11.6 Å². The molecule has 0 amide bonds. The molecule has 0 radical (unpaired) electrons. The van der Waals surface area contributed by atoms with Crippen molar-refractivity contribution >= 4 is 5.97 Å². The minimum atomic E-state index is -2.37. The summed E-state index contributed by atoms with van der Waals surface area (Å²) in [4.78, 5) is 12.2. The number of rotatable bonds is 8. The van der Waals surface area contributed by atoms with Crippen molar-refractivity contribution in [1.82, 2.24) is 0 Å². The lowest BCUT2D eigenvalue weighted by molar-refractivity contribution is -0.136. The normalized spacial score (nSPS) is 14.1. The zero-order valence-corrected chi connectivity index (χ0v) is 20.8. The highest BCUT2D eigenvalue weighted by molar-refractivity contribution is 5.74. The lowest BCUT2D eigenvalue weighted by atomic mass is 9.83. The first-order chi connectivity index (χ1) is 19.1. The van der Waals surface area contributed by atoms with Crippen molar-refractivity contribution < 1.29 is 50.4 Å². The second-order valence-corrected chi connectivity index (χ2v) is 8.13. The van der Waals surface area contributed by atoms with Crippen LogP contribution < -0.4 is 29.4 Å². The van der Waals surface area contributed by atoms with E-state index in [0.717, 1.165) is 0 Å². The van der Waals surface area contributed by atoms with E-state index in [9.17, 15) is 32.0 Å². The van der Waals surface area contributed by atoms with Gasteiger partial charge in [-0.05, 0) is 30.7 Å². The number of hydrogen-bond donors (Lipinski definition) is 1. The van der Waals surface area contributed by atoms with Crippen molar-refractivity contribution in [3.8, 4) is 34.8 Å². The van der Waals surface area contributed by atoms with E-state index in [0.29, 0.717) is 29.2 Å². The summed E-state index contributed by atoms with van der Waals surface area (Å²) < 4.78 is 93.5. The Labute approximate surface area is 223 Å². The molecule has 1 heterocycles. The number of fused-ring (bicyclic) bond motifs is 1. The predicted molar refractivity (Wildman–Crippen MR) is 127 cm³/mol. The van der Waals surface area contributed by atoms with E-state index in [4.69, 9.17) is 24.7 Å². The SMILES string of the molecule is CCOc1ccc(C2C(C#N)=C(N)Oc3cc(OC(=O)COc4c(F)c(F)c(F)c(F)c4F)ccc32)cc1OC. The Morgan fingerprint density at radius 3 is 2.27 bits per heavy atom. The zero-order valence-electron chi connectivity index (χ0n) is 20.8. The van der Waals surface area contributed by atoms with Gasteiger partial charge in [0.1, 0.15) is 23.1 Å². The molecule has 0 aliphatic carbocycles. The first-order valence-electron chi connectivity index (χ1n) is 11.5. The van der Waals surface area contributed by atoms with Gasteiger partial charge in [0.2, 0.25) is 35.0 Å². The number of nitriles is 1. The van der Waals surface area contributed by atoms with Crippen molar-refractivity contribution in [2.45, 2.75) is 12.8 Å². The van der Waals surface area contributed by atoms with Crippen LogP contribution in [0.3, 0.4) is 0 Å². The van der Waals surface area contributed by atoms with Crippen molar-refractivity contribution in [3.05, 3.63) is 88.1 Å². The van der Waals surface area contributed by atoms with Gasteiger partial charge < -0.3 is 29.4 Å². The highest BCUT2D eigenvalue weighted by Gasteiger charge is 2.32. The van der Waals surface area contributed by atoms with Crippen LogP contribution >= 0.6 is 0 Å². The zero-order chi connectivity index (χ0) is 29.1. The third kappa shape index (κ3) is 5.15. The van der Waals surface area contributed by atoms with E-state index in [1.165, 1.54) is 25.3 Å². The average Bonchev–Trinajstić information content (AvgIpc) is 2.94. The molecule has 8 nitrogen and oxygen atoms in total. The summed E-state index contributed by atoms with van der Waals surface area (Å²) in [7, 11) is 1.46. The molecular weight excluding hydrogens is 543 g/mol. The van der Waals surface area contributed by atoms with E-state index < -0.39 is 53.3 Å². The highest BCUT2D eigenvalue weighted by atomic mass is 19.2. The molecule has 40 heavy (non-hydrogen) atoms. The number of nitrogens with zero attached hydrogens (tertiary/aromatic N) is 1. The minimum absolute atomic E-state index is 0.111. The van der Waals surface area contributed by atoms with Crippen LogP contribution in [0.25, 0.3) is 0 Å². The number of methoxy groups -OCH3 is 1. The molecule has 1 aliphatic rings. The van der Waals surface area contributed by atoms with Gasteiger partial charge in [-0.2, -0.15) is 14.0 Å². The van der Waals surface area contributed by atoms with Gasteiger partial charge >= 0.3 is 5.97 Å². The molecule has 0 bridgehead atoms. The van der Waals surface area contributed by atoms with E-state index in [1.54, 1.807) is 18.2 Å². The molecule has 0 fully saturated rings. The Balaban J connectivity index is 1.58. The summed E-state index contributed by atoms with van der Waals surface area (Å²) in [6.45, 7) is 1.03. The predicted octanol–water partition coefficient (Wildman–Crippen LogP) is 4.99. The van der Waals surface area contributed by atoms with Crippen LogP contribution in [-0.2, 0) is 4.79 Å². The van der Waals surface area contributed by atoms with E-state index in [2.05, 4.69) is 4.74 Å². The number of esters is 1. The van der Waals surface area contributed by atoms with Crippen molar-refractivity contribution in [1.29, 1.82) is 5.26 Å². The molecule has 0 aromatic heterocycles. The molecule has 0 saturated heterocycles. The molecule has 3 aromatic carbocycles. The van der Waals surface area contributed by atoms with Crippen molar-refractivity contribution in [2.75, 3.05) is 20.3 Å². The number of carbonyl (C=O) groups excluding carboxylic acids is 1. The van der Waals surface area contributed by atoms with Crippen LogP contribution in [0.2, 0.25) is 0 Å². The first-order valence-corrected chi connectivity index (χ1v) is 11.5. The Hall–Kier alpha value is -4.99. The standard InChI is InChI=1S/C27H19F5N2O6/c1-3-37-16-7-4-12(8-18(16)36-2)20-14-6-5-13(9-17(14)40-27(34)15(20)10-33)39-19(35)11-38-26-24(31)22(29)21(28)23(30)25(26)32/h4-9,20H,3,11,34H2,1-2H3. The van der Waals surface area contributed by atoms with Gasteiger partial charge in [-0.1, -0.05) is 12.1 Å². The maximum absolute atomic E-state index is 13.8. The minimum Gasteiger partial charge on any atom is -0.493 e. The van der Waals surface area contributed by atoms with Gasteiger partial charge in [0.25, 0.3) is 0 Å². The quantitative estimate of drug-likeness (QED) is 0.134. The topological polar surface area (TPSA) is 113 Å². The number of hydrogen-bond acceptors (Lipinski definition) is 8. The molecule has 1 unspecified atom stereocenters. The fourth-order valence-electron chi connectivity index (χ4n) is 3.98. The summed E-state index contributed by atoms with van der Waals surface area (Å²) in [6, 6.07) is 11.2. The van der Waals surface area contributed by atoms with Gasteiger partial charge in [-0.15, -0.1) is 0 Å². The van der Waals surface area contributed by atoms with Crippen LogP contribution in [0, 0.1) is 40.4 Å². The largest absolute Gasteiger partial charge is 0.493 e. The maximum atomic E-state index is 13.8. The molecule has 4 rings (SSSR count). The summed E-state index contributed by atoms with van der Waals surface area (Å²) in [5.41, 5.74) is 7.21. The number of ether oxygens (including phenoxy) is 5. The van der Waals surface area contributed by atoms with Crippen LogP contribution in [0.5, 0.6) is 28.7 Å². The fourth-order valence-corrected chi connectivity index (χ4v) is 3.98. The fraction of sp³-hybridized carbons (Fsp3) is 0.185. The molecule has 13 heteroatoms. The van der Waals surface area contributed by atoms with Crippen LogP contribution in [0.1, 0.15) is 24.0 Å². The van der Waals surface area contributed by atoms with Crippen LogP contribution in [0.15, 0.2) is 47.9 Å². The number of allylic oxidation sites excluding steroid dienone is 1. The van der Waals surface area contributed by atoms with E-state index in [-0.39, 0.29) is 23.0 Å². The van der Waals surface area contributed by atoms with Crippen LogP contribution in [-0.4, -0.2) is 26.3 Å². The first kappa shape index (κ1) is 28.0. The monoisotopic (exact) mass is 562 g/mol. The third-order valence-electron chi connectivity index (χ3n) is 5.75. The number of halogens is 5. The molecule has 0 saturated carbocycles. The van der Waals surface area contributed by atoms with Crippen LogP contribution in [0.4, 0.5) is 22.0 Å². The molecule has 2 N–H and O–H groups in total. The summed E-state index contributed by atoms with van der Waals surface area (Å²) in [6.07, 6.45) is 0. The molecule has 1 atom stereocenters. The highest BCUT2D eigenvalue weighted by Crippen LogP contribution is 2.45. The number of benzene rings is 3. The second kappa shape index (κ2) is 11.4. The number of nitrogens with two attached hydrogens (primary N) is 1. The third-order valence-corrected chi connectivity index (χ3v) is 5.75. The summed E-state index contributed by atoms with van der Waals surface area (Å²) in [5.74, 6) is -14.1. The van der Waals surface area contributed by atoms with Gasteiger partial charge in [-0.3, -0.25) is 0 Å². The molecule has 208 valence electrons. The van der Waals surface area contributed by atoms with Crippen molar-refractivity contribution in [3.63, 3.8) is 0 Å². The molecule has 3 aromatic rings. The smallest absolute Gasteiger partial charge is 0.349 e. The molecule has 1 aliphatic heterocycles. The lowest BCUT2D eigenvalue weighted by Gasteiger charge is -2.27. The summed E-state index contributed by atoms with van der Waals surface area (Å²) in [5, 5.41) is 9.77. The maximum Gasteiger partial charge on any atom is 0.349 e. The molecule has 0 spiro atoms. The molecular formula is C27H19F5N2O6. The Morgan fingerprint density at radius 1 is 0.975 bits per heavy atom. The van der Waals surface area contributed by atoms with Crippen molar-refractivity contribution in [2.24, 2.45) is 5.73 Å². The Morgan fingerprint density at radius 2 is 1.65 bits per heavy atom.